The van der Waals surface area contributed by atoms with Crippen LogP contribution in [0.25, 0.3) is 25.9 Å². The summed E-state index contributed by atoms with van der Waals surface area (Å²) in [6.45, 7) is 9.56. The Bertz CT molecular complexity index is 2080. The first-order chi connectivity index (χ1) is 27.5. The number of rotatable bonds is 17. The molecule has 4 atom stereocenters. The van der Waals surface area contributed by atoms with Gasteiger partial charge in [0.05, 0.1) is 21.4 Å². The van der Waals surface area contributed by atoms with Crippen LogP contribution in [0, 0.1) is 11.8 Å². The molecule has 0 bridgehead atoms. The fourth-order valence-corrected chi connectivity index (χ4v) is 13.4. The number of thiophene rings is 2. The summed E-state index contributed by atoms with van der Waals surface area (Å²) in [5, 5.41) is 0. The molecule has 1 fully saturated rings. The number of halogens is 1. The van der Waals surface area contributed by atoms with Crippen LogP contribution in [-0.4, -0.2) is 17.1 Å². The summed E-state index contributed by atoms with van der Waals surface area (Å²) in [4.78, 5) is 13.3. The summed E-state index contributed by atoms with van der Waals surface area (Å²) in [6.07, 6.45) is 14.7. The number of benzene rings is 3. The zero-order valence-electron chi connectivity index (χ0n) is 33.2. The van der Waals surface area contributed by atoms with E-state index in [1.54, 1.807) is 23.3 Å². The lowest BCUT2D eigenvalue weighted by Crippen LogP contribution is -2.34. The summed E-state index contributed by atoms with van der Waals surface area (Å²) >= 11 is 9.42. The molecule has 2 aliphatic heterocycles. The highest BCUT2D eigenvalue weighted by atomic mass is 79.9. The SMILES string of the molecule is CCCCC(CC)CC1(CC(CC)CCCC)c2cc(C3=C4NSNC4C(Br)C=N3)sc2-c2sc(-c3ccc(N(c4ccccc4)c4ccccc4)cc3)cc21. The fraction of sp³-hybridized carbons (Fsp3) is 0.396. The Kier molecular flexibility index (Phi) is 12.6. The molecule has 2 aromatic heterocycles. The van der Waals surface area contributed by atoms with E-state index in [1.165, 1.54) is 95.0 Å². The standard InChI is InChI=1S/C48H55BrN4S3/c1-5-9-17-32(7-3)29-48(30-33(8-4)18-10-6-2)38-27-41(34-23-25-37(26-24-34)53(35-19-13-11-14-20-35)36-21-15-12-16-22-36)54-46(38)47-39(48)28-42(55-47)44-45-43(51-56-52-45)40(49)31-50-44/h11-16,19-28,31-33,40,43,51-52H,5-10,17-18,29-30H2,1-4H3. The molecule has 0 amide bonds. The second-order valence-corrected chi connectivity index (χ2v) is 19.7. The van der Waals surface area contributed by atoms with Gasteiger partial charge in [-0.25, -0.2) is 4.72 Å². The van der Waals surface area contributed by atoms with E-state index in [4.69, 9.17) is 4.99 Å². The number of nitrogens with zero attached hydrogens (tertiary/aromatic N) is 2. The molecule has 292 valence electrons. The van der Waals surface area contributed by atoms with Crippen molar-refractivity contribution >= 4 is 79.7 Å². The first-order valence-electron chi connectivity index (χ1n) is 20.9. The van der Waals surface area contributed by atoms with Gasteiger partial charge in [-0.05, 0) is 89.9 Å². The highest BCUT2D eigenvalue weighted by Crippen LogP contribution is 2.62. The average Bonchev–Trinajstić information content (AvgIpc) is 4.04. The average molecular weight is 864 g/mol. The predicted octanol–water partition coefficient (Wildman–Crippen LogP) is 15.1. The smallest absolute Gasteiger partial charge is 0.101 e. The molecule has 0 saturated carbocycles. The van der Waals surface area contributed by atoms with Gasteiger partial charge >= 0.3 is 0 Å². The van der Waals surface area contributed by atoms with Crippen LogP contribution in [0.5, 0.6) is 0 Å². The largest absolute Gasteiger partial charge is 0.317 e. The minimum Gasteiger partial charge on any atom is -0.317 e. The maximum absolute atomic E-state index is 5.10. The minimum absolute atomic E-state index is 0.00850. The van der Waals surface area contributed by atoms with Crippen LogP contribution in [-0.2, 0) is 5.41 Å². The van der Waals surface area contributed by atoms with Gasteiger partial charge in [-0.1, -0.05) is 144 Å². The molecule has 0 radical (unpaired) electrons. The number of fused-ring (bicyclic) bond motifs is 4. The quantitative estimate of drug-likeness (QED) is 0.0722. The van der Waals surface area contributed by atoms with Crippen LogP contribution in [0.4, 0.5) is 17.1 Å². The zero-order valence-corrected chi connectivity index (χ0v) is 37.2. The van der Waals surface area contributed by atoms with Crippen molar-refractivity contribution in [2.75, 3.05) is 4.90 Å². The van der Waals surface area contributed by atoms with Crippen molar-refractivity contribution in [2.45, 2.75) is 108 Å². The topological polar surface area (TPSA) is 39.7 Å². The van der Waals surface area contributed by atoms with Gasteiger partial charge in [-0.15, -0.1) is 22.7 Å². The lowest BCUT2D eigenvalue weighted by atomic mass is 9.65. The van der Waals surface area contributed by atoms with Crippen molar-refractivity contribution in [3.05, 3.63) is 119 Å². The number of nitrogens with one attached hydrogen (secondary N) is 2. The third-order valence-corrected chi connectivity index (χ3v) is 16.3. The van der Waals surface area contributed by atoms with E-state index in [-0.39, 0.29) is 16.3 Å². The Balaban J connectivity index is 1.25. The van der Waals surface area contributed by atoms with Crippen LogP contribution < -0.4 is 14.3 Å². The van der Waals surface area contributed by atoms with Crippen molar-refractivity contribution in [3.63, 3.8) is 0 Å². The van der Waals surface area contributed by atoms with Crippen LogP contribution in [0.1, 0.15) is 108 Å². The molecule has 3 aromatic carbocycles. The zero-order chi connectivity index (χ0) is 38.6. The number of hydrogen-bond donors (Lipinski definition) is 2. The number of anilines is 3. The van der Waals surface area contributed by atoms with Crippen molar-refractivity contribution in [1.82, 2.24) is 9.44 Å². The molecule has 8 heteroatoms. The van der Waals surface area contributed by atoms with Crippen LogP contribution >= 0.6 is 50.7 Å². The van der Waals surface area contributed by atoms with Gasteiger partial charge in [0, 0.05) is 55.5 Å². The molecular weight excluding hydrogens is 809 g/mol. The summed E-state index contributed by atoms with van der Waals surface area (Å²) < 4.78 is 7.14. The van der Waals surface area contributed by atoms with E-state index >= 15 is 0 Å². The second-order valence-electron chi connectivity index (χ2n) is 15.9. The Morgan fingerprint density at radius 2 is 1.25 bits per heavy atom. The monoisotopic (exact) mass is 862 g/mol. The Labute approximate surface area is 355 Å². The lowest BCUT2D eigenvalue weighted by molar-refractivity contribution is 0.266. The van der Waals surface area contributed by atoms with Gasteiger partial charge in [-0.3, -0.25) is 4.99 Å². The van der Waals surface area contributed by atoms with E-state index in [9.17, 15) is 0 Å². The minimum atomic E-state index is -0.00850. The predicted molar refractivity (Wildman–Crippen MR) is 250 cm³/mol. The molecule has 1 aliphatic carbocycles. The number of hydrogen-bond acceptors (Lipinski definition) is 7. The molecule has 56 heavy (non-hydrogen) atoms. The number of aliphatic imine (C=N–C) groups is 1. The number of alkyl halides is 1. The molecule has 4 heterocycles. The van der Waals surface area contributed by atoms with Gasteiger partial charge < -0.3 is 9.62 Å². The van der Waals surface area contributed by atoms with Gasteiger partial charge in [0.2, 0.25) is 0 Å². The molecule has 3 aliphatic rings. The summed E-state index contributed by atoms with van der Waals surface area (Å²) in [5.74, 6) is 1.38. The Morgan fingerprint density at radius 3 is 1.80 bits per heavy atom. The van der Waals surface area contributed by atoms with Gasteiger partial charge in [-0.2, -0.15) is 0 Å². The summed E-state index contributed by atoms with van der Waals surface area (Å²) in [7, 11) is 0. The molecule has 0 spiro atoms. The van der Waals surface area contributed by atoms with Gasteiger partial charge in [0.15, 0.2) is 0 Å². The van der Waals surface area contributed by atoms with E-state index in [1.807, 2.05) is 22.7 Å². The number of para-hydroxylation sites is 2. The van der Waals surface area contributed by atoms with Gasteiger partial charge in [0.1, 0.15) is 5.70 Å². The molecule has 1 saturated heterocycles. The van der Waals surface area contributed by atoms with Crippen LogP contribution in [0.15, 0.2) is 108 Å². The van der Waals surface area contributed by atoms with E-state index in [2.05, 4.69) is 161 Å². The molecule has 8 rings (SSSR count). The summed E-state index contributed by atoms with van der Waals surface area (Å²) in [5.41, 5.74) is 10.2. The normalized spacial score (nSPS) is 20.7. The van der Waals surface area contributed by atoms with Gasteiger partial charge in [0.25, 0.3) is 0 Å². The fourth-order valence-electron chi connectivity index (χ4n) is 9.19. The van der Waals surface area contributed by atoms with Crippen molar-refractivity contribution in [3.8, 4) is 20.2 Å². The molecule has 4 unspecified atom stereocenters. The number of unbranched alkanes of at least 4 members (excludes halogenated alkanes) is 2. The van der Waals surface area contributed by atoms with Crippen LogP contribution in [0.2, 0.25) is 0 Å². The van der Waals surface area contributed by atoms with Crippen LogP contribution in [0.3, 0.4) is 0 Å². The first-order valence-corrected chi connectivity index (χ1v) is 24.2. The lowest BCUT2D eigenvalue weighted by Gasteiger charge is -2.37. The maximum atomic E-state index is 5.10. The highest BCUT2D eigenvalue weighted by Gasteiger charge is 2.48. The maximum Gasteiger partial charge on any atom is 0.101 e. The second kappa shape index (κ2) is 17.8. The molecule has 2 N–H and O–H groups in total. The van der Waals surface area contributed by atoms with Crippen molar-refractivity contribution in [2.24, 2.45) is 16.8 Å². The van der Waals surface area contributed by atoms with Crippen molar-refractivity contribution < 1.29 is 0 Å². The first kappa shape index (κ1) is 39.7. The molecular formula is C48H55BrN4S3. The molecule has 5 aromatic rings. The van der Waals surface area contributed by atoms with E-state index < -0.39 is 0 Å². The third-order valence-electron chi connectivity index (χ3n) is 12.3. The van der Waals surface area contributed by atoms with Crippen molar-refractivity contribution in [1.29, 1.82) is 0 Å². The van der Waals surface area contributed by atoms with E-state index in [0.29, 0.717) is 11.8 Å². The third kappa shape index (κ3) is 7.73. The molecule has 4 nitrogen and oxygen atoms in total. The Morgan fingerprint density at radius 1 is 0.714 bits per heavy atom. The highest BCUT2D eigenvalue weighted by molar-refractivity contribution is 9.10. The van der Waals surface area contributed by atoms with E-state index in [0.717, 1.165) is 22.8 Å². The summed E-state index contributed by atoms with van der Waals surface area (Å²) in [6, 6.07) is 36.1. The Hall–Kier alpha value is -3.14.